The number of anilines is 1. The van der Waals surface area contributed by atoms with Crippen LogP contribution in [0.25, 0.3) is 0 Å². The van der Waals surface area contributed by atoms with Gasteiger partial charge in [0.2, 0.25) is 5.90 Å². The van der Waals surface area contributed by atoms with Crippen molar-refractivity contribution in [1.29, 1.82) is 0 Å². The molecule has 2 heterocycles. The largest absolute Gasteiger partial charge is 0.472 e. The molecular formula is C17H15ClF2N4O3. The second kappa shape index (κ2) is 7.85. The molecule has 142 valence electrons. The first kappa shape index (κ1) is 19.0. The van der Waals surface area contributed by atoms with Crippen LogP contribution in [0.3, 0.4) is 0 Å². The second-order valence-corrected chi connectivity index (χ2v) is 6.08. The maximum atomic E-state index is 13.7. The van der Waals surface area contributed by atoms with E-state index in [1.165, 1.54) is 18.5 Å². The third-order valence-corrected chi connectivity index (χ3v) is 4.06. The van der Waals surface area contributed by atoms with E-state index in [1.807, 2.05) is 0 Å². The Morgan fingerprint density at radius 1 is 1.41 bits per heavy atom. The van der Waals surface area contributed by atoms with Crippen LogP contribution in [-0.2, 0) is 11.3 Å². The topological polar surface area (TPSA) is 80.0 Å². The highest BCUT2D eigenvalue weighted by molar-refractivity contribution is 6.42. The number of benzene rings is 1. The zero-order chi connectivity index (χ0) is 19.6. The number of carbonyl (C=O) groups is 1. The SMILES string of the molecule is CC1N=C(OCc2ccc(F)cc2F)C(Cl)=CN1c1cnn(C(=O)CO)c1. The maximum Gasteiger partial charge on any atom is 0.272 e. The van der Waals surface area contributed by atoms with E-state index in [9.17, 15) is 13.6 Å². The van der Waals surface area contributed by atoms with Crippen molar-refractivity contribution in [3.05, 3.63) is 59.0 Å². The quantitative estimate of drug-likeness (QED) is 0.859. The van der Waals surface area contributed by atoms with Gasteiger partial charge in [-0.2, -0.15) is 5.10 Å². The van der Waals surface area contributed by atoms with Crippen LogP contribution < -0.4 is 4.90 Å². The third kappa shape index (κ3) is 4.15. The molecule has 10 heteroatoms. The number of hydrogen-bond donors (Lipinski definition) is 1. The fourth-order valence-corrected chi connectivity index (χ4v) is 2.62. The fraction of sp³-hybridized carbons (Fsp3) is 0.235. The lowest BCUT2D eigenvalue weighted by atomic mass is 10.2. The smallest absolute Gasteiger partial charge is 0.272 e. The van der Waals surface area contributed by atoms with Gasteiger partial charge in [0.05, 0.1) is 18.1 Å². The lowest BCUT2D eigenvalue weighted by Crippen LogP contribution is -2.32. The predicted octanol–water partition coefficient (Wildman–Crippen LogP) is 2.66. The Morgan fingerprint density at radius 3 is 2.89 bits per heavy atom. The standard InChI is InChI=1S/C17H15ClF2N4O3/c1-10-22-17(27-9-11-2-3-12(19)4-15(11)20)14(18)7-23(10)13-5-21-24(6-13)16(26)8-25/h2-7,10,25H,8-9H2,1H3. The van der Waals surface area contributed by atoms with Crippen molar-refractivity contribution in [2.24, 2.45) is 4.99 Å². The number of aliphatic imine (C=N–C) groups is 1. The number of halogens is 3. The van der Waals surface area contributed by atoms with E-state index in [0.29, 0.717) is 5.69 Å². The van der Waals surface area contributed by atoms with Gasteiger partial charge in [-0.05, 0) is 19.1 Å². The van der Waals surface area contributed by atoms with E-state index in [-0.39, 0.29) is 23.1 Å². The van der Waals surface area contributed by atoms with E-state index < -0.39 is 30.3 Å². The van der Waals surface area contributed by atoms with Gasteiger partial charge in [-0.1, -0.05) is 11.6 Å². The van der Waals surface area contributed by atoms with Gasteiger partial charge in [0.25, 0.3) is 5.91 Å². The summed E-state index contributed by atoms with van der Waals surface area (Å²) in [5.41, 5.74) is 0.706. The van der Waals surface area contributed by atoms with Gasteiger partial charge in [-0.15, -0.1) is 0 Å². The summed E-state index contributed by atoms with van der Waals surface area (Å²) in [6.45, 7) is 0.931. The Bertz CT molecular complexity index is 929. The zero-order valence-corrected chi connectivity index (χ0v) is 14.9. The number of carbonyl (C=O) groups excluding carboxylic acids is 1. The molecule has 27 heavy (non-hydrogen) atoms. The van der Waals surface area contributed by atoms with Gasteiger partial charge in [-0.25, -0.2) is 18.5 Å². The minimum atomic E-state index is -0.720. The number of aromatic nitrogens is 2. The minimum absolute atomic E-state index is 0.114. The van der Waals surface area contributed by atoms with Crippen molar-refractivity contribution >= 4 is 29.1 Å². The van der Waals surface area contributed by atoms with Crippen molar-refractivity contribution in [2.45, 2.75) is 19.7 Å². The molecule has 0 saturated carbocycles. The maximum absolute atomic E-state index is 13.7. The molecule has 7 nitrogen and oxygen atoms in total. The van der Waals surface area contributed by atoms with Crippen LogP contribution in [-0.4, -0.2) is 39.5 Å². The molecule has 1 aliphatic heterocycles. The van der Waals surface area contributed by atoms with Gasteiger partial charge in [0.15, 0.2) is 0 Å². The second-order valence-electron chi connectivity index (χ2n) is 5.67. The summed E-state index contributed by atoms with van der Waals surface area (Å²) in [7, 11) is 0. The summed E-state index contributed by atoms with van der Waals surface area (Å²) in [6.07, 6.45) is 3.97. The van der Waals surface area contributed by atoms with E-state index in [2.05, 4.69) is 10.1 Å². The Balaban J connectivity index is 1.72. The lowest BCUT2D eigenvalue weighted by molar-refractivity contribution is 0.0802. The van der Waals surface area contributed by atoms with Gasteiger partial charge in [-0.3, -0.25) is 4.79 Å². The van der Waals surface area contributed by atoms with Crippen molar-refractivity contribution in [3.8, 4) is 0 Å². The number of rotatable bonds is 4. The number of aliphatic hydroxyl groups excluding tert-OH is 1. The Hall–Kier alpha value is -2.78. The highest BCUT2D eigenvalue weighted by atomic mass is 35.5. The van der Waals surface area contributed by atoms with Crippen molar-refractivity contribution < 1.29 is 23.4 Å². The molecule has 0 saturated heterocycles. The highest BCUT2D eigenvalue weighted by Crippen LogP contribution is 2.25. The molecule has 0 fully saturated rings. The normalized spacial score (nSPS) is 16.8. The van der Waals surface area contributed by atoms with Gasteiger partial charge in [0.1, 0.15) is 36.0 Å². The summed E-state index contributed by atoms with van der Waals surface area (Å²) in [5, 5.41) is 12.9. The lowest BCUT2D eigenvalue weighted by Gasteiger charge is -2.28. The highest BCUT2D eigenvalue weighted by Gasteiger charge is 2.23. The molecule has 1 atom stereocenters. The summed E-state index contributed by atoms with van der Waals surface area (Å²) < 4.78 is 33.1. The molecule has 1 aromatic heterocycles. The van der Waals surface area contributed by atoms with Gasteiger partial charge >= 0.3 is 0 Å². The van der Waals surface area contributed by atoms with Crippen molar-refractivity contribution in [1.82, 2.24) is 9.78 Å². The summed E-state index contributed by atoms with van der Waals surface area (Å²) in [5.74, 6) is -1.85. The Labute approximate surface area is 158 Å². The summed E-state index contributed by atoms with van der Waals surface area (Å²) >= 11 is 6.20. The van der Waals surface area contributed by atoms with Crippen LogP contribution in [0, 0.1) is 11.6 Å². The summed E-state index contributed by atoms with van der Waals surface area (Å²) in [4.78, 5) is 17.4. The molecule has 0 radical (unpaired) electrons. The number of ether oxygens (including phenoxy) is 1. The average molecular weight is 397 g/mol. The van der Waals surface area contributed by atoms with Crippen molar-refractivity contribution in [2.75, 3.05) is 11.5 Å². The Kier molecular flexibility index (Phi) is 5.52. The predicted molar refractivity (Wildman–Crippen MR) is 94.4 cm³/mol. The fourth-order valence-electron chi connectivity index (χ4n) is 2.42. The zero-order valence-electron chi connectivity index (χ0n) is 14.1. The minimum Gasteiger partial charge on any atom is -0.472 e. The Morgan fingerprint density at radius 2 is 2.19 bits per heavy atom. The number of aliphatic hydroxyl groups is 1. The van der Waals surface area contributed by atoms with Crippen LogP contribution in [0.5, 0.6) is 0 Å². The molecule has 0 aliphatic carbocycles. The monoisotopic (exact) mass is 396 g/mol. The molecule has 3 rings (SSSR count). The molecule has 0 amide bonds. The van der Waals surface area contributed by atoms with Gasteiger partial charge < -0.3 is 14.7 Å². The summed E-state index contributed by atoms with van der Waals surface area (Å²) in [6, 6.07) is 3.19. The first-order chi connectivity index (χ1) is 12.9. The van der Waals surface area contributed by atoms with Crippen LogP contribution in [0.4, 0.5) is 14.5 Å². The van der Waals surface area contributed by atoms with Crippen LogP contribution >= 0.6 is 11.6 Å². The van der Waals surface area contributed by atoms with Crippen LogP contribution in [0.2, 0.25) is 0 Å². The van der Waals surface area contributed by atoms with Gasteiger partial charge in [0, 0.05) is 17.8 Å². The first-order valence-electron chi connectivity index (χ1n) is 7.88. The van der Waals surface area contributed by atoms with E-state index in [4.69, 9.17) is 21.4 Å². The molecule has 1 aromatic carbocycles. The van der Waals surface area contributed by atoms with E-state index >= 15 is 0 Å². The van der Waals surface area contributed by atoms with Crippen LogP contribution in [0.15, 0.2) is 46.8 Å². The van der Waals surface area contributed by atoms with E-state index in [1.54, 1.807) is 18.0 Å². The molecule has 2 aromatic rings. The van der Waals surface area contributed by atoms with Crippen LogP contribution in [0.1, 0.15) is 17.3 Å². The molecule has 0 bridgehead atoms. The molecule has 1 N–H and O–H groups in total. The first-order valence-corrected chi connectivity index (χ1v) is 8.26. The molecular weight excluding hydrogens is 382 g/mol. The molecule has 1 aliphatic rings. The average Bonchev–Trinajstić information content (AvgIpc) is 3.12. The van der Waals surface area contributed by atoms with E-state index in [0.717, 1.165) is 16.8 Å². The third-order valence-electron chi connectivity index (χ3n) is 3.80. The van der Waals surface area contributed by atoms with Crippen molar-refractivity contribution in [3.63, 3.8) is 0 Å². The number of nitrogens with zero attached hydrogens (tertiary/aromatic N) is 4. The molecule has 1 unspecified atom stereocenters. The number of hydrogen-bond acceptors (Lipinski definition) is 6. The molecule has 0 spiro atoms.